The van der Waals surface area contributed by atoms with Crippen molar-refractivity contribution in [2.75, 3.05) is 13.2 Å². The molecule has 7 heteroatoms. The summed E-state index contributed by atoms with van der Waals surface area (Å²) in [5.41, 5.74) is 1.89. The van der Waals surface area contributed by atoms with Gasteiger partial charge in [-0.1, -0.05) is 38.1 Å². The molecule has 0 radical (unpaired) electrons. The maximum absolute atomic E-state index is 5.93. The molecule has 0 atom stereocenters. The van der Waals surface area contributed by atoms with Gasteiger partial charge in [-0.3, -0.25) is 4.40 Å². The van der Waals surface area contributed by atoms with Crippen molar-refractivity contribution in [1.29, 1.82) is 0 Å². The Kier molecular flexibility index (Phi) is 6.84. The molecule has 0 saturated carbocycles. The lowest BCUT2D eigenvalue weighted by Crippen LogP contribution is -2.37. The summed E-state index contributed by atoms with van der Waals surface area (Å²) in [6.45, 7) is 8.86. The Labute approximate surface area is 165 Å². The van der Waals surface area contributed by atoms with Crippen molar-refractivity contribution in [2.24, 2.45) is 10.9 Å². The van der Waals surface area contributed by atoms with Crippen molar-refractivity contribution in [3.05, 3.63) is 60.0 Å². The van der Waals surface area contributed by atoms with E-state index < -0.39 is 0 Å². The van der Waals surface area contributed by atoms with Crippen LogP contribution in [0.15, 0.2) is 53.7 Å². The van der Waals surface area contributed by atoms with Gasteiger partial charge in [0.05, 0.1) is 19.7 Å². The van der Waals surface area contributed by atoms with Crippen LogP contribution in [0.4, 0.5) is 0 Å². The average molecular weight is 380 g/mol. The molecule has 0 bridgehead atoms. The second-order valence-corrected chi connectivity index (χ2v) is 6.91. The molecule has 0 spiro atoms. The summed E-state index contributed by atoms with van der Waals surface area (Å²) in [7, 11) is 0. The van der Waals surface area contributed by atoms with Gasteiger partial charge in [0, 0.05) is 18.3 Å². The van der Waals surface area contributed by atoms with Crippen LogP contribution in [-0.4, -0.2) is 33.7 Å². The third-order valence-corrected chi connectivity index (χ3v) is 4.09. The third kappa shape index (κ3) is 5.22. The fraction of sp³-hybridized carbons (Fsp3) is 0.381. The highest BCUT2D eigenvalue weighted by Crippen LogP contribution is 2.19. The van der Waals surface area contributed by atoms with Gasteiger partial charge in [-0.2, -0.15) is 0 Å². The zero-order valence-corrected chi connectivity index (χ0v) is 16.7. The zero-order chi connectivity index (χ0) is 19.8. The summed E-state index contributed by atoms with van der Waals surface area (Å²) in [4.78, 5) is 4.71. The first kappa shape index (κ1) is 19.7. The van der Waals surface area contributed by atoms with Gasteiger partial charge < -0.3 is 15.4 Å². The van der Waals surface area contributed by atoms with Gasteiger partial charge in [0.25, 0.3) is 0 Å². The molecule has 0 aliphatic rings. The number of nitrogens with one attached hydrogen (secondary N) is 2. The summed E-state index contributed by atoms with van der Waals surface area (Å²) in [6.07, 6.45) is 1.96. The lowest BCUT2D eigenvalue weighted by Gasteiger charge is -2.13. The first-order valence-corrected chi connectivity index (χ1v) is 9.69. The van der Waals surface area contributed by atoms with Crippen molar-refractivity contribution in [3.63, 3.8) is 0 Å². The molecule has 148 valence electrons. The summed E-state index contributed by atoms with van der Waals surface area (Å²) in [5, 5.41) is 15.0. The molecule has 2 heterocycles. The van der Waals surface area contributed by atoms with Crippen LogP contribution in [0.5, 0.6) is 5.75 Å². The van der Waals surface area contributed by atoms with Crippen LogP contribution < -0.4 is 15.4 Å². The normalized spacial score (nSPS) is 11.8. The minimum Gasteiger partial charge on any atom is -0.493 e. The third-order valence-electron chi connectivity index (χ3n) is 4.09. The van der Waals surface area contributed by atoms with Crippen LogP contribution in [0, 0.1) is 5.92 Å². The Morgan fingerprint density at radius 2 is 1.93 bits per heavy atom. The molecule has 0 unspecified atom stereocenters. The number of nitrogens with zero attached hydrogens (tertiary/aromatic N) is 4. The van der Waals surface area contributed by atoms with E-state index in [1.54, 1.807) is 0 Å². The molecular weight excluding hydrogens is 352 g/mol. The van der Waals surface area contributed by atoms with E-state index in [9.17, 15) is 0 Å². The molecule has 2 aromatic heterocycles. The molecule has 2 N–H and O–H groups in total. The molecule has 0 amide bonds. The number of rotatable bonds is 8. The predicted molar refractivity (Wildman–Crippen MR) is 111 cm³/mol. The predicted octanol–water partition coefficient (Wildman–Crippen LogP) is 3.02. The number of aliphatic imine (C=N–C) groups is 1. The SMILES string of the molecule is CCNC(=NCc1ccccc1OCC(C)C)NCc1nnc2ccccn12. The number of ether oxygens (including phenoxy) is 1. The van der Waals surface area contributed by atoms with Crippen molar-refractivity contribution in [1.82, 2.24) is 25.2 Å². The van der Waals surface area contributed by atoms with Crippen LogP contribution >= 0.6 is 0 Å². The molecule has 7 nitrogen and oxygen atoms in total. The lowest BCUT2D eigenvalue weighted by molar-refractivity contribution is 0.268. The number of fused-ring (bicyclic) bond motifs is 1. The largest absolute Gasteiger partial charge is 0.493 e. The Morgan fingerprint density at radius 3 is 2.75 bits per heavy atom. The maximum atomic E-state index is 5.93. The molecule has 0 aliphatic carbocycles. The number of hydrogen-bond acceptors (Lipinski definition) is 4. The van der Waals surface area contributed by atoms with Crippen LogP contribution in [0.1, 0.15) is 32.2 Å². The molecular formula is C21H28N6O. The maximum Gasteiger partial charge on any atom is 0.191 e. The summed E-state index contributed by atoms with van der Waals surface area (Å²) in [5.74, 6) is 2.93. The van der Waals surface area contributed by atoms with Gasteiger partial charge in [0.15, 0.2) is 17.4 Å². The first-order chi connectivity index (χ1) is 13.7. The Balaban J connectivity index is 1.68. The fourth-order valence-electron chi connectivity index (χ4n) is 2.71. The van der Waals surface area contributed by atoms with Crippen molar-refractivity contribution in [3.8, 4) is 5.75 Å². The van der Waals surface area contributed by atoms with Crippen molar-refractivity contribution in [2.45, 2.75) is 33.9 Å². The molecule has 0 aliphatic heterocycles. The minimum absolute atomic E-state index is 0.480. The van der Waals surface area contributed by atoms with Crippen LogP contribution in [-0.2, 0) is 13.1 Å². The van der Waals surface area contributed by atoms with Gasteiger partial charge in [0.2, 0.25) is 0 Å². The molecule has 3 aromatic rings. The van der Waals surface area contributed by atoms with E-state index in [4.69, 9.17) is 9.73 Å². The highest BCUT2D eigenvalue weighted by atomic mass is 16.5. The average Bonchev–Trinajstić information content (AvgIpc) is 3.12. The van der Waals surface area contributed by atoms with E-state index in [1.165, 1.54) is 0 Å². The van der Waals surface area contributed by atoms with E-state index in [0.717, 1.165) is 35.3 Å². The summed E-state index contributed by atoms with van der Waals surface area (Å²) >= 11 is 0. The van der Waals surface area contributed by atoms with Gasteiger partial charge in [0.1, 0.15) is 5.75 Å². The highest BCUT2D eigenvalue weighted by Gasteiger charge is 2.07. The van der Waals surface area contributed by atoms with Gasteiger partial charge in [-0.15, -0.1) is 10.2 Å². The number of benzene rings is 1. The standard InChI is InChI=1S/C21H28N6O/c1-4-22-21(24-14-20-26-25-19-11-7-8-12-27(19)20)23-13-17-9-5-6-10-18(17)28-15-16(2)3/h5-12,16H,4,13-15H2,1-3H3,(H2,22,23,24). The van der Waals surface area contributed by atoms with Crippen LogP contribution in [0.3, 0.4) is 0 Å². The van der Waals surface area contributed by atoms with E-state index >= 15 is 0 Å². The Morgan fingerprint density at radius 1 is 1.11 bits per heavy atom. The minimum atomic E-state index is 0.480. The van der Waals surface area contributed by atoms with Gasteiger partial charge in [-0.25, -0.2) is 4.99 Å². The summed E-state index contributed by atoms with van der Waals surface area (Å²) in [6, 6.07) is 13.9. The van der Waals surface area contributed by atoms with Crippen molar-refractivity contribution < 1.29 is 4.74 Å². The molecule has 1 aromatic carbocycles. The van der Waals surface area contributed by atoms with E-state index in [0.29, 0.717) is 25.6 Å². The number of guanidine groups is 1. The van der Waals surface area contributed by atoms with Gasteiger partial charge >= 0.3 is 0 Å². The second-order valence-electron chi connectivity index (χ2n) is 6.91. The number of aromatic nitrogens is 3. The monoisotopic (exact) mass is 380 g/mol. The van der Waals surface area contributed by atoms with Crippen LogP contribution in [0.25, 0.3) is 5.65 Å². The van der Waals surface area contributed by atoms with Crippen LogP contribution in [0.2, 0.25) is 0 Å². The Hall–Kier alpha value is -3.09. The topological polar surface area (TPSA) is 75.8 Å². The number of para-hydroxylation sites is 1. The highest BCUT2D eigenvalue weighted by molar-refractivity contribution is 5.79. The molecule has 3 rings (SSSR count). The summed E-state index contributed by atoms with van der Waals surface area (Å²) < 4.78 is 7.89. The fourth-order valence-corrected chi connectivity index (χ4v) is 2.71. The van der Waals surface area contributed by atoms with Gasteiger partial charge in [-0.05, 0) is 31.0 Å². The first-order valence-electron chi connectivity index (χ1n) is 9.69. The van der Waals surface area contributed by atoms with E-state index in [2.05, 4.69) is 40.7 Å². The zero-order valence-electron chi connectivity index (χ0n) is 16.7. The number of pyridine rings is 1. The molecule has 28 heavy (non-hydrogen) atoms. The smallest absolute Gasteiger partial charge is 0.191 e. The molecule has 0 fully saturated rings. The second kappa shape index (κ2) is 9.73. The van der Waals surface area contributed by atoms with Crippen molar-refractivity contribution >= 4 is 11.6 Å². The number of hydrogen-bond donors (Lipinski definition) is 2. The lowest BCUT2D eigenvalue weighted by atomic mass is 10.2. The molecule has 0 saturated heterocycles. The van der Waals surface area contributed by atoms with E-state index in [-0.39, 0.29) is 0 Å². The van der Waals surface area contributed by atoms with E-state index in [1.807, 2.05) is 53.9 Å². The quantitative estimate of drug-likeness (QED) is 0.464. The Bertz CT molecular complexity index is 918.